The minimum absolute atomic E-state index is 0.0454. The Morgan fingerprint density at radius 1 is 1.30 bits per heavy atom. The molecule has 2 aromatic rings. The van der Waals surface area contributed by atoms with E-state index in [4.69, 9.17) is 22.5 Å². The van der Waals surface area contributed by atoms with E-state index in [2.05, 4.69) is 33.1 Å². The Balaban J connectivity index is 2.13. The van der Waals surface area contributed by atoms with Crippen LogP contribution in [0.2, 0.25) is 5.02 Å². The number of halogens is 2. The summed E-state index contributed by atoms with van der Waals surface area (Å²) in [4.78, 5) is 0. The SMILES string of the molecule is N/C(=N/O)c1ccc(CNc2ccccc2I)c(Cl)c1. The van der Waals surface area contributed by atoms with Gasteiger partial charge in [0.2, 0.25) is 0 Å². The van der Waals surface area contributed by atoms with Gasteiger partial charge in [-0.15, -0.1) is 0 Å². The lowest BCUT2D eigenvalue weighted by atomic mass is 10.1. The van der Waals surface area contributed by atoms with Crippen molar-refractivity contribution in [1.29, 1.82) is 0 Å². The molecule has 0 aliphatic heterocycles. The molecule has 0 radical (unpaired) electrons. The predicted molar refractivity (Wildman–Crippen MR) is 90.4 cm³/mol. The second kappa shape index (κ2) is 6.81. The summed E-state index contributed by atoms with van der Waals surface area (Å²) in [5.74, 6) is 0.0454. The molecule has 0 amide bonds. The summed E-state index contributed by atoms with van der Waals surface area (Å²) in [5, 5.41) is 15.5. The van der Waals surface area contributed by atoms with Crippen molar-refractivity contribution in [2.24, 2.45) is 10.9 Å². The number of hydrogen-bond acceptors (Lipinski definition) is 3. The fourth-order valence-corrected chi connectivity index (χ4v) is 2.53. The maximum absolute atomic E-state index is 8.64. The molecule has 0 unspecified atom stereocenters. The van der Waals surface area contributed by atoms with Crippen LogP contribution in [-0.4, -0.2) is 11.0 Å². The van der Waals surface area contributed by atoms with Crippen molar-refractivity contribution in [2.75, 3.05) is 5.32 Å². The van der Waals surface area contributed by atoms with E-state index < -0.39 is 0 Å². The summed E-state index contributed by atoms with van der Waals surface area (Å²) in [5.41, 5.74) is 8.12. The highest BCUT2D eigenvalue weighted by molar-refractivity contribution is 14.1. The van der Waals surface area contributed by atoms with Crippen molar-refractivity contribution in [2.45, 2.75) is 6.54 Å². The van der Waals surface area contributed by atoms with Gasteiger partial charge in [-0.2, -0.15) is 0 Å². The van der Waals surface area contributed by atoms with Gasteiger partial charge < -0.3 is 16.3 Å². The summed E-state index contributed by atoms with van der Waals surface area (Å²) in [6.45, 7) is 0.606. The number of nitrogens with zero attached hydrogens (tertiary/aromatic N) is 1. The van der Waals surface area contributed by atoms with Gasteiger partial charge in [0, 0.05) is 26.4 Å². The Labute approximate surface area is 135 Å². The van der Waals surface area contributed by atoms with Crippen LogP contribution in [0.5, 0.6) is 0 Å². The van der Waals surface area contributed by atoms with Crippen LogP contribution < -0.4 is 11.1 Å². The van der Waals surface area contributed by atoms with Crippen molar-refractivity contribution in [3.8, 4) is 0 Å². The first-order valence-corrected chi connectivity index (χ1v) is 7.32. The van der Waals surface area contributed by atoms with E-state index in [1.54, 1.807) is 12.1 Å². The Hall–Kier alpha value is -1.47. The number of benzene rings is 2. The van der Waals surface area contributed by atoms with Gasteiger partial charge >= 0.3 is 0 Å². The highest BCUT2D eigenvalue weighted by Gasteiger charge is 2.06. The van der Waals surface area contributed by atoms with E-state index in [1.165, 1.54) is 0 Å². The molecule has 0 atom stereocenters. The van der Waals surface area contributed by atoms with E-state index >= 15 is 0 Å². The van der Waals surface area contributed by atoms with Gasteiger partial charge in [0.1, 0.15) is 0 Å². The van der Waals surface area contributed by atoms with Crippen LogP contribution in [0.15, 0.2) is 47.6 Å². The van der Waals surface area contributed by atoms with Crippen LogP contribution in [0, 0.1) is 3.57 Å². The topological polar surface area (TPSA) is 70.6 Å². The summed E-state index contributed by atoms with van der Waals surface area (Å²) in [7, 11) is 0. The molecule has 0 saturated heterocycles. The van der Waals surface area contributed by atoms with Crippen LogP contribution in [-0.2, 0) is 6.54 Å². The molecule has 6 heteroatoms. The molecular formula is C14H13ClIN3O. The average molecular weight is 402 g/mol. The highest BCUT2D eigenvalue weighted by Crippen LogP contribution is 2.22. The van der Waals surface area contributed by atoms with Gasteiger partial charge in [0.05, 0.1) is 0 Å². The number of nitrogens with two attached hydrogens (primary N) is 1. The first-order valence-electron chi connectivity index (χ1n) is 5.86. The number of rotatable bonds is 4. The number of hydrogen-bond donors (Lipinski definition) is 3. The minimum Gasteiger partial charge on any atom is -0.409 e. The normalized spacial score (nSPS) is 11.4. The second-order valence-corrected chi connectivity index (χ2v) is 5.69. The van der Waals surface area contributed by atoms with Crippen molar-refractivity contribution in [3.63, 3.8) is 0 Å². The van der Waals surface area contributed by atoms with Crippen molar-refractivity contribution >= 4 is 45.7 Å². The third-order valence-electron chi connectivity index (χ3n) is 2.80. The lowest BCUT2D eigenvalue weighted by Crippen LogP contribution is -2.13. The van der Waals surface area contributed by atoms with Gasteiger partial charge in [-0.25, -0.2) is 0 Å². The van der Waals surface area contributed by atoms with E-state index in [1.807, 2.05) is 30.3 Å². The van der Waals surface area contributed by atoms with E-state index in [-0.39, 0.29) is 5.84 Å². The standard InChI is InChI=1S/C14H13ClIN3O/c15-11-7-9(14(17)19-20)5-6-10(11)8-18-13-4-2-1-3-12(13)16/h1-7,18,20H,8H2,(H2,17,19). The first kappa shape index (κ1) is 14.9. The number of amidine groups is 1. The highest BCUT2D eigenvalue weighted by atomic mass is 127. The molecule has 0 spiro atoms. The molecule has 2 rings (SSSR count). The first-order chi connectivity index (χ1) is 9.61. The minimum atomic E-state index is 0.0454. The Morgan fingerprint density at radius 3 is 2.70 bits per heavy atom. The Morgan fingerprint density at radius 2 is 2.05 bits per heavy atom. The zero-order valence-electron chi connectivity index (χ0n) is 10.5. The molecule has 104 valence electrons. The summed E-state index contributed by atoms with van der Waals surface area (Å²) < 4.78 is 1.15. The monoisotopic (exact) mass is 401 g/mol. The maximum Gasteiger partial charge on any atom is 0.170 e. The lowest BCUT2D eigenvalue weighted by molar-refractivity contribution is 0.318. The van der Waals surface area contributed by atoms with Gasteiger partial charge in [-0.3, -0.25) is 0 Å². The van der Waals surface area contributed by atoms with Gasteiger partial charge in [0.15, 0.2) is 5.84 Å². The summed E-state index contributed by atoms with van der Waals surface area (Å²) in [6.07, 6.45) is 0. The van der Waals surface area contributed by atoms with Crippen LogP contribution in [0.3, 0.4) is 0 Å². The molecule has 0 aromatic heterocycles. The van der Waals surface area contributed by atoms with Crippen LogP contribution in [0.25, 0.3) is 0 Å². The molecule has 2 aromatic carbocycles. The molecule has 0 aliphatic carbocycles. The number of para-hydroxylation sites is 1. The molecule has 0 fully saturated rings. The molecule has 4 N–H and O–H groups in total. The quantitative estimate of drug-likeness (QED) is 0.241. The van der Waals surface area contributed by atoms with Crippen molar-refractivity contribution in [1.82, 2.24) is 0 Å². The zero-order valence-corrected chi connectivity index (χ0v) is 13.4. The molecule has 0 heterocycles. The molecule has 0 aliphatic rings. The largest absolute Gasteiger partial charge is 0.409 e. The smallest absolute Gasteiger partial charge is 0.170 e. The second-order valence-electron chi connectivity index (χ2n) is 4.12. The maximum atomic E-state index is 8.64. The van der Waals surface area contributed by atoms with E-state index in [0.29, 0.717) is 17.1 Å². The van der Waals surface area contributed by atoms with Crippen LogP contribution in [0.4, 0.5) is 5.69 Å². The van der Waals surface area contributed by atoms with Crippen molar-refractivity contribution in [3.05, 3.63) is 62.2 Å². The number of anilines is 1. The number of oxime groups is 1. The lowest BCUT2D eigenvalue weighted by Gasteiger charge is -2.10. The Kier molecular flexibility index (Phi) is 5.08. The van der Waals surface area contributed by atoms with Crippen LogP contribution >= 0.6 is 34.2 Å². The van der Waals surface area contributed by atoms with Crippen LogP contribution in [0.1, 0.15) is 11.1 Å². The molecule has 20 heavy (non-hydrogen) atoms. The third-order valence-corrected chi connectivity index (χ3v) is 4.09. The molecule has 0 bridgehead atoms. The third kappa shape index (κ3) is 3.55. The average Bonchev–Trinajstić information content (AvgIpc) is 2.46. The van der Waals surface area contributed by atoms with E-state index in [9.17, 15) is 0 Å². The van der Waals surface area contributed by atoms with E-state index in [0.717, 1.165) is 14.8 Å². The fraction of sp³-hybridized carbons (Fsp3) is 0.0714. The van der Waals surface area contributed by atoms with Gasteiger partial charge in [-0.05, 0) is 46.4 Å². The summed E-state index contributed by atoms with van der Waals surface area (Å²) in [6, 6.07) is 13.3. The van der Waals surface area contributed by atoms with Crippen molar-refractivity contribution < 1.29 is 5.21 Å². The van der Waals surface area contributed by atoms with Gasteiger partial charge in [0.25, 0.3) is 0 Å². The number of nitrogens with one attached hydrogen (secondary N) is 1. The zero-order chi connectivity index (χ0) is 14.5. The van der Waals surface area contributed by atoms with Gasteiger partial charge in [-0.1, -0.05) is 41.0 Å². The summed E-state index contributed by atoms with van der Waals surface area (Å²) >= 11 is 8.48. The Bertz CT molecular complexity index is 646. The predicted octanol–water partition coefficient (Wildman–Crippen LogP) is 3.65. The molecule has 0 saturated carbocycles. The fourth-order valence-electron chi connectivity index (χ4n) is 1.70. The molecular weight excluding hydrogens is 389 g/mol. The molecule has 4 nitrogen and oxygen atoms in total.